The molecule has 0 fully saturated rings. The van der Waals surface area contributed by atoms with E-state index in [1.807, 2.05) is 13.8 Å². The Morgan fingerprint density at radius 2 is 1.73 bits per heavy atom. The number of thiazole rings is 1. The number of benzene rings is 3. The Bertz CT molecular complexity index is 1940. The summed E-state index contributed by atoms with van der Waals surface area (Å²) in [7, 11) is 2.80. The molecule has 0 unspecified atom stereocenters. The summed E-state index contributed by atoms with van der Waals surface area (Å²) in [6, 6.07) is 14.0. The first kappa shape index (κ1) is 32.0. The number of halogens is 2. The van der Waals surface area contributed by atoms with Gasteiger partial charge in [-0.1, -0.05) is 45.5 Å². The molecule has 4 aromatic rings. The number of methoxy groups -OCH3 is 2. The van der Waals surface area contributed by atoms with E-state index < -0.39 is 12.0 Å². The lowest BCUT2D eigenvalue weighted by atomic mass is 9.97. The van der Waals surface area contributed by atoms with E-state index in [1.54, 1.807) is 48.5 Å². The first-order valence-corrected chi connectivity index (χ1v) is 15.6. The third-order valence-corrected chi connectivity index (χ3v) is 8.31. The minimum atomic E-state index is -0.836. The highest BCUT2D eigenvalue weighted by molar-refractivity contribution is 9.10. The third-order valence-electron chi connectivity index (χ3n) is 6.86. The van der Waals surface area contributed by atoms with Gasteiger partial charge in [0.15, 0.2) is 27.8 Å². The summed E-state index contributed by atoms with van der Waals surface area (Å²) >= 11 is 4.68. The van der Waals surface area contributed by atoms with Crippen LogP contribution in [0.3, 0.4) is 0 Å². The standard InChI is InChI=1S/C33H30BrFN2O7S/c1-5-42-25-12-9-20(14-26(25)43-6-2)29-24(32(39)41-4)17-36-33-37(29)31(38)28(45-33)15-21-13-22(34)16-27(40-3)30(21)44-18-19-7-10-23(35)11-8-19/h7-17,29H,5-6,18H2,1-4H3/b28-15+/t29-/m0/s1. The monoisotopic (exact) mass is 696 g/mol. The maximum Gasteiger partial charge on any atom is 0.337 e. The Morgan fingerprint density at radius 1 is 1.00 bits per heavy atom. The van der Waals surface area contributed by atoms with Crippen molar-refractivity contribution in [1.29, 1.82) is 0 Å². The van der Waals surface area contributed by atoms with E-state index >= 15 is 0 Å². The van der Waals surface area contributed by atoms with Gasteiger partial charge in [0.05, 0.1) is 43.6 Å². The minimum Gasteiger partial charge on any atom is -0.493 e. The molecule has 12 heteroatoms. The Labute approximate surface area is 270 Å². The highest BCUT2D eigenvalue weighted by Gasteiger charge is 2.31. The second-order valence-electron chi connectivity index (χ2n) is 9.69. The minimum absolute atomic E-state index is 0.142. The molecule has 1 aromatic heterocycles. The van der Waals surface area contributed by atoms with Gasteiger partial charge in [-0.3, -0.25) is 9.36 Å². The van der Waals surface area contributed by atoms with Crippen molar-refractivity contribution in [2.75, 3.05) is 27.4 Å². The fourth-order valence-electron chi connectivity index (χ4n) is 4.87. The van der Waals surface area contributed by atoms with Gasteiger partial charge in [0.1, 0.15) is 12.4 Å². The topological polar surface area (TPSA) is 97.6 Å². The molecule has 0 radical (unpaired) electrons. The summed E-state index contributed by atoms with van der Waals surface area (Å²) < 4.78 is 44.3. The lowest BCUT2D eigenvalue weighted by molar-refractivity contribution is -0.136. The van der Waals surface area contributed by atoms with Crippen LogP contribution >= 0.6 is 27.3 Å². The predicted octanol–water partition coefficient (Wildman–Crippen LogP) is 5.30. The Hall–Kier alpha value is -4.42. The summed E-state index contributed by atoms with van der Waals surface area (Å²) in [5.74, 6) is 0.923. The molecule has 1 atom stereocenters. The first-order valence-electron chi connectivity index (χ1n) is 14.0. The molecule has 1 aliphatic rings. The lowest BCUT2D eigenvalue weighted by Crippen LogP contribution is -2.39. The molecular formula is C33H30BrFN2O7S. The van der Waals surface area contributed by atoms with Crippen molar-refractivity contribution in [3.05, 3.63) is 113 Å². The smallest absolute Gasteiger partial charge is 0.337 e. The normalized spacial score (nSPS) is 14.2. The molecule has 0 saturated heterocycles. The molecule has 0 bridgehead atoms. The summed E-state index contributed by atoms with van der Waals surface area (Å²) in [5, 5.41) is 0. The first-order chi connectivity index (χ1) is 21.8. The molecule has 1 aliphatic heterocycles. The number of rotatable bonds is 11. The van der Waals surface area contributed by atoms with Gasteiger partial charge in [0.2, 0.25) is 0 Å². The van der Waals surface area contributed by atoms with E-state index in [0.717, 1.165) is 5.56 Å². The van der Waals surface area contributed by atoms with Gasteiger partial charge in [-0.25, -0.2) is 14.2 Å². The van der Waals surface area contributed by atoms with Gasteiger partial charge in [-0.05, 0) is 67.4 Å². The van der Waals surface area contributed by atoms with Crippen LogP contribution in [0.4, 0.5) is 4.39 Å². The maximum absolute atomic E-state index is 14.1. The highest BCUT2D eigenvalue weighted by atomic mass is 79.9. The van der Waals surface area contributed by atoms with Gasteiger partial charge in [-0.2, -0.15) is 0 Å². The Balaban J connectivity index is 1.64. The Morgan fingerprint density at radius 3 is 2.42 bits per heavy atom. The number of hydrogen-bond acceptors (Lipinski definition) is 9. The summed E-state index contributed by atoms with van der Waals surface area (Å²) in [4.78, 5) is 31.9. The van der Waals surface area contributed by atoms with Crippen LogP contribution in [-0.2, 0) is 16.1 Å². The van der Waals surface area contributed by atoms with E-state index in [9.17, 15) is 14.0 Å². The molecule has 0 N–H and O–H groups in total. The zero-order valence-electron chi connectivity index (χ0n) is 25.0. The number of aromatic nitrogens is 1. The molecule has 2 heterocycles. The van der Waals surface area contributed by atoms with Crippen LogP contribution < -0.4 is 33.8 Å². The second kappa shape index (κ2) is 14.1. The van der Waals surface area contributed by atoms with Crippen molar-refractivity contribution in [3.8, 4) is 23.0 Å². The second-order valence-corrected chi connectivity index (χ2v) is 11.6. The van der Waals surface area contributed by atoms with Crippen molar-refractivity contribution in [2.24, 2.45) is 4.99 Å². The highest BCUT2D eigenvalue weighted by Crippen LogP contribution is 2.37. The summed E-state index contributed by atoms with van der Waals surface area (Å²) in [6.07, 6.45) is 3.13. The average molecular weight is 698 g/mol. The van der Waals surface area contributed by atoms with Crippen LogP contribution in [0.5, 0.6) is 23.0 Å². The number of carbonyl (C=O) groups is 1. The van der Waals surface area contributed by atoms with Crippen molar-refractivity contribution in [1.82, 2.24) is 4.57 Å². The lowest BCUT2D eigenvalue weighted by Gasteiger charge is -2.23. The summed E-state index contributed by atoms with van der Waals surface area (Å²) in [5.41, 5.74) is 1.76. The van der Waals surface area contributed by atoms with E-state index in [1.165, 1.54) is 48.5 Å². The third kappa shape index (κ3) is 6.81. The predicted molar refractivity (Wildman–Crippen MR) is 171 cm³/mol. The molecule has 0 amide bonds. The molecule has 9 nitrogen and oxygen atoms in total. The molecule has 45 heavy (non-hydrogen) atoms. The largest absolute Gasteiger partial charge is 0.493 e. The fourth-order valence-corrected chi connectivity index (χ4v) is 6.28. The van der Waals surface area contributed by atoms with Crippen molar-refractivity contribution < 1.29 is 32.9 Å². The van der Waals surface area contributed by atoms with E-state index in [2.05, 4.69) is 20.9 Å². The molecular weight excluding hydrogens is 667 g/mol. The Kier molecular flexibility index (Phi) is 10.0. The average Bonchev–Trinajstić information content (AvgIpc) is 3.35. The molecule has 5 rings (SSSR count). The molecule has 234 valence electrons. The van der Waals surface area contributed by atoms with Crippen LogP contribution in [0, 0.1) is 5.82 Å². The number of ether oxygens (including phenoxy) is 5. The quantitative estimate of drug-likeness (QED) is 0.196. The number of fused-ring (bicyclic) bond motifs is 1. The van der Waals surface area contributed by atoms with Crippen molar-refractivity contribution >= 4 is 39.3 Å². The van der Waals surface area contributed by atoms with Gasteiger partial charge in [-0.15, -0.1) is 0 Å². The molecule has 3 aromatic carbocycles. The van der Waals surface area contributed by atoms with Gasteiger partial charge in [0.25, 0.3) is 5.56 Å². The van der Waals surface area contributed by atoms with E-state index in [4.69, 9.17) is 23.7 Å². The van der Waals surface area contributed by atoms with E-state index in [-0.39, 0.29) is 23.6 Å². The zero-order valence-corrected chi connectivity index (χ0v) is 27.4. The fraction of sp³-hybridized carbons (Fsp3) is 0.242. The van der Waals surface area contributed by atoms with E-state index in [0.29, 0.717) is 61.1 Å². The van der Waals surface area contributed by atoms with Gasteiger partial charge in [0, 0.05) is 16.2 Å². The van der Waals surface area contributed by atoms with Gasteiger partial charge < -0.3 is 23.7 Å². The van der Waals surface area contributed by atoms with Crippen molar-refractivity contribution in [3.63, 3.8) is 0 Å². The van der Waals surface area contributed by atoms with Crippen LogP contribution in [0.15, 0.2) is 80.6 Å². The number of esters is 1. The molecule has 0 aliphatic carbocycles. The molecule has 0 saturated carbocycles. The van der Waals surface area contributed by atoms with Crippen LogP contribution in [0.1, 0.15) is 36.6 Å². The maximum atomic E-state index is 14.1. The SMILES string of the molecule is CCOc1ccc([C@H]2C(C(=O)OC)=CN=c3s/c(=C/c4cc(Br)cc(OC)c4OCc4ccc(F)cc4)c(=O)n32)cc1OCC. The number of carbonyl (C=O) groups excluding carboxylic acids is 1. The number of nitrogens with zero attached hydrogens (tertiary/aromatic N) is 2. The zero-order chi connectivity index (χ0) is 32.1. The molecule has 0 spiro atoms. The van der Waals surface area contributed by atoms with Gasteiger partial charge >= 0.3 is 5.97 Å². The summed E-state index contributed by atoms with van der Waals surface area (Å²) in [6.45, 7) is 4.72. The van der Waals surface area contributed by atoms with Crippen LogP contribution in [0.2, 0.25) is 0 Å². The van der Waals surface area contributed by atoms with Crippen molar-refractivity contribution in [2.45, 2.75) is 26.5 Å². The van der Waals surface area contributed by atoms with Crippen LogP contribution in [0.25, 0.3) is 6.08 Å². The number of hydrogen-bond donors (Lipinski definition) is 0. The van der Waals surface area contributed by atoms with Crippen LogP contribution in [-0.4, -0.2) is 38.0 Å².